The Morgan fingerprint density at radius 3 is 2.80 bits per heavy atom. The van der Waals surface area contributed by atoms with Crippen molar-refractivity contribution in [2.45, 2.75) is 19.8 Å². The Morgan fingerprint density at radius 1 is 1.40 bits per heavy atom. The Morgan fingerprint density at radius 2 is 2.15 bits per heavy atom. The van der Waals surface area contributed by atoms with Gasteiger partial charge in [-0.05, 0) is 37.5 Å². The SMILES string of the molecule is COC(=O)C1CCCN(C(=O)c2ccc(C)cc2O)C1. The molecule has 0 bridgehead atoms. The lowest BCUT2D eigenvalue weighted by Crippen LogP contribution is -2.42. The molecule has 1 aliphatic rings. The molecule has 0 aliphatic carbocycles. The highest BCUT2D eigenvalue weighted by molar-refractivity contribution is 5.97. The van der Waals surface area contributed by atoms with Crippen molar-refractivity contribution in [3.63, 3.8) is 0 Å². The molecular weight excluding hydrogens is 258 g/mol. The molecule has 1 aliphatic heterocycles. The molecule has 0 spiro atoms. The van der Waals surface area contributed by atoms with E-state index in [1.807, 2.05) is 6.92 Å². The quantitative estimate of drug-likeness (QED) is 0.836. The Kier molecular flexibility index (Phi) is 4.27. The molecule has 1 amide bonds. The van der Waals surface area contributed by atoms with Crippen LogP contribution >= 0.6 is 0 Å². The van der Waals surface area contributed by atoms with E-state index in [1.165, 1.54) is 7.11 Å². The Bertz CT molecular complexity index is 527. The number of carbonyl (C=O) groups excluding carboxylic acids is 2. The number of hydrogen-bond donors (Lipinski definition) is 1. The summed E-state index contributed by atoms with van der Waals surface area (Å²) in [5.74, 6) is -0.813. The van der Waals surface area contributed by atoms with E-state index in [9.17, 15) is 14.7 Å². The number of aromatic hydroxyl groups is 1. The van der Waals surface area contributed by atoms with Gasteiger partial charge in [-0.1, -0.05) is 6.07 Å². The fourth-order valence-electron chi connectivity index (χ4n) is 2.51. The number of ether oxygens (including phenoxy) is 1. The zero-order valence-corrected chi connectivity index (χ0v) is 11.8. The number of carbonyl (C=O) groups is 2. The first-order chi connectivity index (χ1) is 9.52. The van der Waals surface area contributed by atoms with Crippen LogP contribution in [-0.4, -0.2) is 42.1 Å². The molecule has 0 radical (unpaired) electrons. The Hall–Kier alpha value is -2.04. The standard InChI is InChI=1S/C15H19NO4/c1-10-5-6-12(13(17)8-10)14(18)16-7-3-4-11(9-16)15(19)20-2/h5-6,8,11,17H,3-4,7,9H2,1-2H3. The number of likely N-dealkylation sites (tertiary alicyclic amines) is 1. The molecule has 5 nitrogen and oxygen atoms in total. The first-order valence-corrected chi connectivity index (χ1v) is 6.69. The summed E-state index contributed by atoms with van der Waals surface area (Å²) in [6.07, 6.45) is 1.49. The molecule has 1 heterocycles. The van der Waals surface area contributed by atoms with Crippen molar-refractivity contribution in [3.8, 4) is 5.75 Å². The molecule has 20 heavy (non-hydrogen) atoms. The minimum atomic E-state index is -0.282. The fraction of sp³-hybridized carbons (Fsp3) is 0.467. The van der Waals surface area contributed by atoms with Gasteiger partial charge in [-0.25, -0.2) is 0 Å². The van der Waals surface area contributed by atoms with Crippen molar-refractivity contribution >= 4 is 11.9 Å². The minimum absolute atomic E-state index is 0.0183. The molecule has 1 N–H and O–H groups in total. The largest absolute Gasteiger partial charge is 0.507 e. The first kappa shape index (κ1) is 14.4. The van der Waals surface area contributed by atoms with E-state index >= 15 is 0 Å². The molecule has 0 aromatic heterocycles. The maximum absolute atomic E-state index is 12.4. The second-order valence-electron chi connectivity index (χ2n) is 5.13. The van der Waals surface area contributed by atoms with Crippen LogP contribution in [0.3, 0.4) is 0 Å². The van der Waals surface area contributed by atoms with E-state index in [0.29, 0.717) is 13.1 Å². The summed E-state index contributed by atoms with van der Waals surface area (Å²) in [5.41, 5.74) is 1.17. The molecule has 0 saturated carbocycles. The van der Waals surface area contributed by atoms with Crippen molar-refractivity contribution in [1.29, 1.82) is 0 Å². The number of phenols is 1. The number of phenolic OH excluding ortho intramolecular Hbond substituents is 1. The highest BCUT2D eigenvalue weighted by Gasteiger charge is 2.30. The number of piperidine rings is 1. The predicted octanol–water partition coefficient (Wildman–Crippen LogP) is 1.73. The van der Waals surface area contributed by atoms with Crippen LogP contribution in [0.5, 0.6) is 5.75 Å². The van der Waals surface area contributed by atoms with Crippen molar-refractivity contribution in [2.24, 2.45) is 5.92 Å². The van der Waals surface area contributed by atoms with Crippen molar-refractivity contribution in [1.82, 2.24) is 4.90 Å². The Labute approximate surface area is 118 Å². The monoisotopic (exact) mass is 277 g/mol. The van der Waals surface area contributed by atoms with Crippen LogP contribution in [0, 0.1) is 12.8 Å². The summed E-state index contributed by atoms with van der Waals surface area (Å²) in [6.45, 7) is 2.79. The predicted molar refractivity (Wildman–Crippen MR) is 73.5 cm³/mol. The van der Waals surface area contributed by atoms with Crippen LogP contribution in [-0.2, 0) is 9.53 Å². The van der Waals surface area contributed by atoms with Gasteiger partial charge in [0.25, 0.3) is 5.91 Å². The zero-order chi connectivity index (χ0) is 14.7. The average molecular weight is 277 g/mol. The van der Waals surface area contributed by atoms with Crippen molar-refractivity contribution < 1.29 is 19.4 Å². The number of methoxy groups -OCH3 is 1. The van der Waals surface area contributed by atoms with Crippen molar-refractivity contribution in [2.75, 3.05) is 20.2 Å². The van der Waals surface area contributed by atoms with E-state index in [1.54, 1.807) is 23.1 Å². The van der Waals surface area contributed by atoms with E-state index in [4.69, 9.17) is 4.74 Å². The van der Waals surface area contributed by atoms with Gasteiger partial charge in [0.15, 0.2) is 0 Å². The van der Waals surface area contributed by atoms with Crippen LogP contribution in [0.2, 0.25) is 0 Å². The number of amides is 1. The summed E-state index contributed by atoms with van der Waals surface area (Å²) in [6, 6.07) is 4.97. The van der Waals surface area contributed by atoms with E-state index in [0.717, 1.165) is 18.4 Å². The third-order valence-electron chi connectivity index (χ3n) is 3.63. The lowest BCUT2D eigenvalue weighted by Gasteiger charge is -2.31. The highest BCUT2D eigenvalue weighted by atomic mass is 16.5. The molecule has 1 aromatic carbocycles. The smallest absolute Gasteiger partial charge is 0.310 e. The third kappa shape index (κ3) is 2.92. The van der Waals surface area contributed by atoms with Crippen LogP contribution in [0.1, 0.15) is 28.8 Å². The molecule has 5 heteroatoms. The molecule has 1 atom stereocenters. The van der Waals surface area contributed by atoms with Crippen LogP contribution in [0.4, 0.5) is 0 Å². The van der Waals surface area contributed by atoms with E-state index in [-0.39, 0.29) is 29.1 Å². The maximum atomic E-state index is 12.4. The molecule has 1 saturated heterocycles. The van der Waals surface area contributed by atoms with Gasteiger partial charge < -0.3 is 14.7 Å². The second kappa shape index (κ2) is 5.94. The van der Waals surface area contributed by atoms with E-state index in [2.05, 4.69) is 0 Å². The van der Waals surface area contributed by atoms with Gasteiger partial charge in [-0.2, -0.15) is 0 Å². The van der Waals surface area contributed by atoms with Gasteiger partial charge in [0, 0.05) is 13.1 Å². The fourth-order valence-corrected chi connectivity index (χ4v) is 2.51. The summed E-state index contributed by atoms with van der Waals surface area (Å²) in [4.78, 5) is 25.6. The lowest BCUT2D eigenvalue weighted by atomic mass is 9.97. The molecule has 2 rings (SSSR count). The number of esters is 1. The van der Waals surface area contributed by atoms with Crippen LogP contribution < -0.4 is 0 Å². The zero-order valence-electron chi connectivity index (χ0n) is 11.8. The molecule has 1 aromatic rings. The normalized spacial score (nSPS) is 18.7. The topological polar surface area (TPSA) is 66.8 Å². The van der Waals surface area contributed by atoms with Gasteiger partial charge >= 0.3 is 5.97 Å². The number of nitrogens with zero attached hydrogens (tertiary/aromatic N) is 1. The summed E-state index contributed by atoms with van der Waals surface area (Å²) in [7, 11) is 1.36. The number of benzene rings is 1. The third-order valence-corrected chi connectivity index (χ3v) is 3.63. The molecule has 1 fully saturated rings. The van der Waals surface area contributed by atoms with Gasteiger partial charge in [-0.3, -0.25) is 9.59 Å². The number of aryl methyl sites for hydroxylation is 1. The first-order valence-electron chi connectivity index (χ1n) is 6.69. The summed E-state index contributed by atoms with van der Waals surface area (Å²) in [5, 5.41) is 9.87. The molecular formula is C15H19NO4. The van der Waals surface area contributed by atoms with Gasteiger partial charge in [-0.15, -0.1) is 0 Å². The van der Waals surface area contributed by atoms with Gasteiger partial charge in [0.2, 0.25) is 0 Å². The van der Waals surface area contributed by atoms with Gasteiger partial charge in [0.1, 0.15) is 5.75 Å². The lowest BCUT2D eigenvalue weighted by molar-refractivity contribution is -0.146. The average Bonchev–Trinajstić information content (AvgIpc) is 2.46. The Balaban J connectivity index is 2.14. The van der Waals surface area contributed by atoms with Crippen LogP contribution in [0.15, 0.2) is 18.2 Å². The molecule has 108 valence electrons. The highest BCUT2D eigenvalue weighted by Crippen LogP contribution is 2.24. The minimum Gasteiger partial charge on any atom is -0.507 e. The molecule has 1 unspecified atom stereocenters. The van der Waals surface area contributed by atoms with Crippen LogP contribution in [0.25, 0.3) is 0 Å². The second-order valence-corrected chi connectivity index (χ2v) is 5.13. The van der Waals surface area contributed by atoms with Gasteiger partial charge in [0.05, 0.1) is 18.6 Å². The maximum Gasteiger partial charge on any atom is 0.310 e. The summed E-state index contributed by atoms with van der Waals surface area (Å²) >= 11 is 0. The van der Waals surface area contributed by atoms with E-state index < -0.39 is 0 Å². The number of rotatable bonds is 2. The summed E-state index contributed by atoms with van der Waals surface area (Å²) < 4.78 is 4.74. The number of hydrogen-bond acceptors (Lipinski definition) is 4. The van der Waals surface area contributed by atoms with Crippen molar-refractivity contribution in [3.05, 3.63) is 29.3 Å².